The predicted molar refractivity (Wildman–Crippen MR) is 271 cm³/mol. The van der Waals surface area contributed by atoms with E-state index in [4.69, 9.17) is 21.3 Å². The number of carbonyl (C=O) groups is 4. The maximum absolute atomic E-state index is 14.1. The molecule has 0 spiro atoms. The molecule has 18 heteroatoms. The topological polar surface area (TPSA) is 187 Å². The average molecular weight is 998 g/mol. The summed E-state index contributed by atoms with van der Waals surface area (Å²) >= 11 is 8.13. The molecule has 2 aliphatic heterocycles. The lowest BCUT2D eigenvalue weighted by Gasteiger charge is -2.36. The minimum absolute atomic E-state index is 0.0311. The van der Waals surface area contributed by atoms with Crippen LogP contribution in [0.4, 0.5) is 5.69 Å². The van der Waals surface area contributed by atoms with E-state index in [2.05, 4.69) is 25.5 Å². The number of anilines is 1. The zero-order valence-electron chi connectivity index (χ0n) is 40.3. The predicted octanol–water partition coefficient (Wildman–Crippen LogP) is 6.24. The highest BCUT2D eigenvalue weighted by molar-refractivity contribution is 7.70. The van der Waals surface area contributed by atoms with Crippen molar-refractivity contribution >= 4 is 64.7 Å². The molecule has 2 aromatic heterocycles. The van der Waals surface area contributed by atoms with Gasteiger partial charge in [-0.05, 0) is 48.4 Å². The summed E-state index contributed by atoms with van der Waals surface area (Å²) in [6.45, 7) is 13.2. The first-order chi connectivity index (χ1) is 32.8. The van der Waals surface area contributed by atoms with E-state index in [1.54, 1.807) is 42.9 Å². The number of piperazine rings is 1. The van der Waals surface area contributed by atoms with Crippen molar-refractivity contribution in [3.8, 4) is 16.2 Å². The van der Waals surface area contributed by atoms with E-state index in [0.29, 0.717) is 61.3 Å². The number of aromatic nitrogens is 3. The number of nitrogens with one attached hydrogen (secondary N) is 2. The number of amides is 4. The van der Waals surface area contributed by atoms with Gasteiger partial charge in [-0.3, -0.25) is 19.2 Å². The normalized spacial score (nSPS) is 16.9. The van der Waals surface area contributed by atoms with Crippen LogP contribution >= 0.6 is 30.1 Å². The molecule has 2 aliphatic rings. The second-order valence-corrected chi connectivity index (χ2v) is 23.7. The molecule has 2 fully saturated rings. The van der Waals surface area contributed by atoms with Crippen LogP contribution in [0.15, 0.2) is 78.4 Å². The van der Waals surface area contributed by atoms with Gasteiger partial charge in [-0.15, -0.1) is 11.3 Å². The second-order valence-electron chi connectivity index (χ2n) is 19.2. The molecular weight excluding hydrogens is 935 g/mol. The standard InChI is InChI=1S/C51H62ClN8O7PS/c1-32-47(69-31-55-32)34-14-12-33(13-15-34)28-54-49(64)41-27-38(61)30-60(41)50(65)48(51(2,3)4)57-45(62)18-19-46(63)59-22-20-58(21-23-59)37-17-16-35(42(26-37)67-5)25-44-53-29-39(52)40(56-44)24-36-10-8-9-11-43(36)68(6,7)66/h8-17,26,29,31,38,41,48,61H,18-25,27-28,30H2,1-7H3,(H,54,64)(H,57,62)/t38-,41+,48-/m1/s1. The molecule has 4 heterocycles. The minimum Gasteiger partial charge on any atom is -0.496 e. The Morgan fingerprint density at radius 1 is 0.957 bits per heavy atom. The number of thiazole rings is 1. The van der Waals surface area contributed by atoms with Gasteiger partial charge in [0.1, 0.15) is 30.8 Å². The fourth-order valence-electron chi connectivity index (χ4n) is 8.87. The number of methoxy groups -OCH3 is 1. The number of aliphatic hydroxyl groups is 1. The van der Waals surface area contributed by atoms with Crippen LogP contribution in [0.5, 0.6) is 5.75 Å². The molecule has 0 bridgehead atoms. The number of likely N-dealkylation sites (tertiary alicyclic amines) is 1. The SMILES string of the molecule is COc1cc(N2CCN(C(=O)CCC(=O)N[C@H](C(=O)N3C[C@H](O)C[C@H]3C(=O)NCc3ccc(-c4scnc4C)cc3)C(C)(C)C)CC2)ccc1Cc1ncc(Cl)c(Cc2ccccc2P(C)(C)=O)n1. The fourth-order valence-corrected chi connectivity index (χ4v) is 11.1. The molecule has 3 aromatic carbocycles. The molecule has 0 radical (unpaired) electrons. The summed E-state index contributed by atoms with van der Waals surface area (Å²) in [5.41, 5.74) is 7.36. The number of benzene rings is 3. The first-order valence-electron chi connectivity index (χ1n) is 23.2. The highest BCUT2D eigenvalue weighted by atomic mass is 35.5. The number of hydrogen-bond acceptors (Lipinski definition) is 12. The van der Waals surface area contributed by atoms with Crippen LogP contribution in [0.25, 0.3) is 10.4 Å². The van der Waals surface area contributed by atoms with E-state index in [1.165, 1.54) is 4.90 Å². The Morgan fingerprint density at radius 2 is 1.68 bits per heavy atom. The second kappa shape index (κ2) is 22.0. The number of aliphatic hydroxyl groups excluding tert-OH is 1. The van der Waals surface area contributed by atoms with Gasteiger partial charge in [0.05, 0.1) is 40.0 Å². The summed E-state index contributed by atoms with van der Waals surface area (Å²) < 4.78 is 18.8. The Labute approximate surface area is 413 Å². The zero-order valence-corrected chi connectivity index (χ0v) is 42.8. The van der Waals surface area contributed by atoms with Gasteiger partial charge >= 0.3 is 0 Å². The van der Waals surface area contributed by atoms with Gasteiger partial charge in [0.25, 0.3) is 0 Å². The molecule has 366 valence electrons. The average Bonchev–Trinajstić information content (AvgIpc) is 3.94. The molecule has 5 aromatic rings. The summed E-state index contributed by atoms with van der Waals surface area (Å²) in [4.78, 5) is 74.5. The van der Waals surface area contributed by atoms with Crippen molar-refractivity contribution < 1.29 is 33.6 Å². The third-order valence-corrected chi connectivity index (χ3v) is 15.6. The van der Waals surface area contributed by atoms with Gasteiger partial charge in [0.15, 0.2) is 0 Å². The molecule has 3 N–H and O–H groups in total. The van der Waals surface area contributed by atoms with Crippen LogP contribution in [-0.4, -0.2) is 125 Å². The molecule has 4 amide bonds. The van der Waals surface area contributed by atoms with E-state index < -0.39 is 42.6 Å². The molecule has 7 rings (SSSR count). The number of halogens is 1. The first-order valence-corrected chi connectivity index (χ1v) is 27.0. The van der Waals surface area contributed by atoms with E-state index in [9.17, 15) is 28.8 Å². The molecule has 2 saturated heterocycles. The van der Waals surface area contributed by atoms with Gasteiger partial charge < -0.3 is 39.7 Å². The van der Waals surface area contributed by atoms with Crippen molar-refractivity contribution in [3.05, 3.63) is 117 Å². The molecule has 3 atom stereocenters. The van der Waals surface area contributed by atoms with E-state index in [0.717, 1.165) is 43.8 Å². The van der Waals surface area contributed by atoms with Crippen molar-refractivity contribution in [2.24, 2.45) is 5.41 Å². The van der Waals surface area contributed by atoms with Gasteiger partial charge in [0.2, 0.25) is 23.6 Å². The number of aryl methyl sites for hydroxylation is 1. The Balaban J connectivity index is 0.894. The Morgan fingerprint density at radius 3 is 2.35 bits per heavy atom. The monoisotopic (exact) mass is 996 g/mol. The third-order valence-electron chi connectivity index (χ3n) is 12.7. The van der Waals surface area contributed by atoms with Gasteiger partial charge in [-0.25, -0.2) is 15.0 Å². The first kappa shape index (κ1) is 51.2. The van der Waals surface area contributed by atoms with Crippen LogP contribution in [0.1, 0.15) is 73.9 Å². The number of β-amino-alcohol motifs (C(OH)–C–C–N with tert-alkyl or cyclic N) is 1. The molecule has 0 unspecified atom stereocenters. The smallest absolute Gasteiger partial charge is 0.246 e. The lowest BCUT2D eigenvalue weighted by molar-refractivity contribution is -0.144. The van der Waals surface area contributed by atoms with Crippen molar-refractivity contribution in [2.75, 3.05) is 58.1 Å². The van der Waals surface area contributed by atoms with Gasteiger partial charge in [-0.1, -0.05) is 87.0 Å². The van der Waals surface area contributed by atoms with Crippen LogP contribution in [0, 0.1) is 12.3 Å². The Bertz CT molecular complexity index is 2710. The molecule has 69 heavy (non-hydrogen) atoms. The summed E-state index contributed by atoms with van der Waals surface area (Å²) in [6.07, 6.45) is 1.47. The maximum Gasteiger partial charge on any atom is 0.246 e. The van der Waals surface area contributed by atoms with Crippen molar-refractivity contribution in [1.82, 2.24) is 35.4 Å². The van der Waals surface area contributed by atoms with Crippen LogP contribution in [-0.2, 0) is 43.1 Å². The van der Waals surface area contributed by atoms with Gasteiger partial charge in [0, 0.05) is 100 Å². The Kier molecular flexibility index (Phi) is 16.3. The third kappa shape index (κ3) is 12.8. The number of ether oxygens (including phenoxy) is 1. The summed E-state index contributed by atoms with van der Waals surface area (Å²) in [5.74, 6) is -0.205. The van der Waals surface area contributed by atoms with E-state index >= 15 is 0 Å². The van der Waals surface area contributed by atoms with Crippen LogP contribution in [0.2, 0.25) is 5.02 Å². The Hall–Kier alpha value is -5.67. The largest absolute Gasteiger partial charge is 0.496 e. The van der Waals surface area contributed by atoms with Crippen molar-refractivity contribution in [1.29, 1.82) is 0 Å². The number of nitrogens with zero attached hydrogens (tertiary/aromatic N) is 6. The lowest BCUT2D eigenvalue weighted by atomic mass is 9.85. The van der Waals surface area contributed by atoms with Crippen molar-refractivity contribution in [2.45, 2.75) is 84.5 Å². The summed E-state index contributed by atoms with van der Waals surface area (Å²) in [6, 6.07) is 19.6. The number of carbonyl (C=O) groups excluding carboxylic acids is 4. The zero-order chi connectivity index (χ0) is 49.6. The molecule has 0 saturated carbocycles. The lowest BCUT2D eigenvalue weighted by Crippen LogP contribution is -2.57. The molecule has 15 nitrogen and oxygen atoms in total. The fraction of sp³-hybridized carbons (Fsp3) is 0.431. The maximum atomic E-state index is 14.1. The highest BCUT2D eigenvalue weighted by Gasteiger charge is 2.44. The summed E-state index contributed by atoms with van der Waals surface area (Å²) in [7, 11) is -0.897. The quantitative estimate of drug-likeness (QED) is 0.0951. The molecular formula is C51H62ClN8O7PS. The van der Waals surface area contributed by atoms with E-state index in [1.807, 2.05) is 99.9 Å². The minimum atomic E-state index is -2.52. The number of hydrogen-bond donors (Lipinski definition) is 3. The highest BCUT2D eigenvalue weighted by Crippen LogP contribution is 2.37. The van der Waals surface area contributed by atoms with Crippen LogP contribution < -0.4 is 25.6 Å². The summed E-state index contributed by atoms with van der Waals surface area (Å²) in [5, 5.41) is 17.7. The van der Waals surface area contributed by atoms with Crippen molar-refractivity contribution in [3.63, 3.8) is 0 Å². The van der Waals surface area contributed by atoms with Gasteiger partial charge in [-0.2, -0.15) is 0 Å². The van der Waals surface area contributed by atoms with Crippen LogP contribution in [0.3, 0.4) is 0 Å². The number of rotatable bonds is 16. The molecule has 0 aliphatic carbocycles. The van der Waals surface area contributed by atoms with E-state index in [-0.39, 0.29) is 44.2 Å².